The Morgan fingerprint density at radius 2 is 1.79 bits per heavy atom. The zero-order valence-electron chi connectivity index (χ0n) is 19.5. The first-order chi connectivity index (χ1) is 16.1. The summed E-state index contributed by atoms with van der Waals surface area (Å²) in [5.41, 5.74) is 2.15. The number of piperazine rings is 1. The van der Waals surface area contributed by atoms with Gasteiger partial charge in [0.1, 0.15) is 5.75 Å². The summed E-state index contributed by atoms with van der Waals surface area (Å²) >= 11 is 6.16. The van der Waals surface area contributed by atoms with Gasteiger partial charge in [-0.1, -0.05) is 55.1 Å². The van der Waals surface area contributed by atoms with Gasteiger partial charge >= 0.3 is 0 Å². The molecule has 2 aromatic rings. The lowest BCUT2D eigenvalue weighted by Gasteiger charge is -2.38. The van der Waals surface area contributed by atoms with E-state index in [9.17, 15) is 4.79 Å². The zero-order chi connectivity index (χ0) is 23.0. The average molecular weight is 471 g/mol. The molecule has 0 N–H and O–H groups in total. The summed E-state index contributed by atoms with van der Waals surface area (Å²) in [5, 5.41) is 0.716. The summed E-state index contributed by atoms with van der Waals surface area (Å²) in [6.07, 6.45) is 5.70. The molecule has 1 aliphatic heterocycles. The van der Waals surface area contributed by atoms with Crippen molar-refractivity contribution >= 4 is 17.5 Å². The average Bonchev–Trinajstić information content (AvgIpc) is 2.87. The molecule has 1 amide bonds. The van der Waals surface area contributed by atoms with Crippen LogP contribution in [-0.2, 0) is 16.1 Å². The third-order valence-corrected chi connectivity index (χ3v) is 7.10. The van der Waals surface area contributed by atoms with Gasteiger partial charge in [0.15, 0.2) is 0 Å². The zero-order valence-corrected chi connectivity index (χ0v) is 20.3. The molecule has 1 atom stereocenters. The van der Waals surface area contributed by atoms with Crippen LogP contribution in [0.5, 0.6) is 5.75 Å². The quantitative estimate of drug-likeness (QED) is 0.522. The molecular weight excluding hydrogens is 436 g/mol. The molecule has 0 bridgehead atoms. The van der Waals surface area contributed by atoms with E-state index < -0.39 is 0 Å². The molecule has 5 nitrogen and oxygen atoms in total. The molecule has 33 heavy (non-hydrogen) atoms. The van der Waals surface area contributed by atoms with E-state index in [1.807, 2.05) is 42.5 Å². The predicted octanol–water partition coefficient (Wildman–Crippen LogP) is 5.33. The number of carbonyl (C=O) groups is 1. The van der Waals surface area contributed by atoms with Gasteiger partial charge in [0, 0.05) is 43.7 Å². The molecule has 2 fully saturated rings. The summed E-state index contributed by atoms with van der Waals surface area (Å²) in [4.78, 5) is 17.4. The van der Waals surface area contributed by atoms with Crippen molar-refractivity contribution < 1.29 is 14.3 Å². The van der Waals surface area contributed by atoms with Gasteiger partial charge in [-0.2, -0.15) is 0 Å². The van der Waals surface area contributed by atoms with Crippen LogP contribution in [-0.4, -0.2) is 55.5 Å². The molecule has 178 valence electrons. The maximum atomic E-state index is 12.9. The molecule has 1 saturated heterocycles. The van der Waals surface area contributed by atoms with Crippen LogP contribution in [0.1, 0.15) is 49.3 Å². The Bertz CT molecular complexity index is 908. The number of halogens is 1. The molecule has 2 aliphatic rings. The summed E-state index contributed by atoms with van der Waals surface area (Å²) in [5.74, 6) is 1.44. The minimum atomic E-state index is -0.0975. The molecule has 2 aromatic carbocycles. The molecule has 0 aromatic heterocycles. The van der Waals surface area contributed by atoms with Crippen LogP contribution in [0.25, 0.3) is 0 Å². The third kappa shape index (κ3) is 6.72. The van der Waals surface area contributed by atoms with Crippen molar-refractivity contribution in [3.63, 3.8) is 0 Å². The Kier molecular flexibility index (Phi) is 8.65. The highest BCUT2D eigenvalue weighted by Crippen LogP contribution is 2.27. The lowest BCUT2D eigenvalue weighted by atomic mass is 9.88. The highest BCUT2D eigenvalue weighted by Gasteiger charge is 2.29. The Labute approximate surface area is 202 Å². The number of methoxy groups -OCH3 is 1. The number of rotatable bonds is 8. The number of hydrogen-bond acceptors (Lipinski definition) is 4. The van der Waals surface area contributed by atoms with E-state index >= 15 is 0 Å². The van der Waals surface area contributed by atoms with E-state index in [0.29, 0.717) is 17.5 Å². The molecule has 0 radical (unpaired) electrons. The van der Waals surface area contributed by atoms with Crippen molar-refractivity contribution in [3.05, 3.63) is 64.7 Å². The van der Waals surface area contributed by atoms with Crippen LogP contribution in [0.2, 0.25) is 5.02 Å². The first-order valence-corrected chi connectivity index (χ1v) is 12.5. The molecule has 0 spiro atoms. The highest BCUT2D eigenvalue weighted by atomic mass is 35.5. The minimum absolute atomic E-state index is 0.0975. The standard InChI is InChI=1S/C27H35ClN2O3/c1-32-25-12-6-10-23(18-25)26(33-20-21-7-5-11-24(28)17-21)19-29-13-15-30(16-14-29)27(31)22-8-3-2-4-9-22/h5-7,10-12,17-18,22,26H,2-4,8-9,13-16,19-20H2,1H3. The van der Waals surface area contributed by atoms with Gasteiger partial charge in [0.25, 0.3) is 0 Å². The van der Waals surface area contributed by atoms with E-state index in [2.05, 4.69) is 15.9 Å². The number of amides is 1. The monoisotopic (exact) mass is 470 g/mol. The Morgan fingerprint density at radius 3 is 2.52 bits per heavy atom. The van der Waals surface area contributed by atoms with Gasteiger partial charge in [0.2, 0.25) is 5.91 Å². The van der Waals surface area contributed by atoms with Gasteiger partial charge < -0.3 is 14.4 Å². The molecule has 1 unspecified atom stereocenters. The number of carbonyl (C=O) groups excluding carboxylic acids is 1. The Balaban J connectivity index is 1.38. The molecule has 1 saturated carbocycles. The summed E-state index contributed by atoms with van der Waals surface area (Å²) < 4.78 is 11.8. The van der Waals surface area contributed by atoms with Gasteiger partial charge in [0.05, 0.1) is 19.8 Å². The normalized spacial score (nSPS) is 18.8. The van der Waals surface area contributed by atoms with Crippen LogP contribution in [0.4, 0.5) is 0 Å². The summed E-state index contributed by atoms with van der Waals surface area (Å²) in [6, 6.07) is 15.9. The topological polar surface area (TPSA) is 42.0 Å². The largest absolute Gasteiger partial charge is 0.497 e. The van der Waals surface area contributed by atoms with Gasteiger partial charge in [-0.3, -0.25) is 9.69 Å². The Morgan fingerprint density at radius 1 is 1.03 bits per heavy atom. The second-order valence-electron chi connectivity index (χ2n) is 9.17. The van der Waals surface area contributed by atoms with Crippen LogP contribution < -0.4 is 4.74 Å². The second kappa shape index (κ2) is 11.9. The first-order valence-electron chi connectivity index (χ1n) is 12.1. The molecule has 1 heterocycles. The van der Waals surface area contributed by atoms with E-state index in [-0.39, 0.29) is 12.0 Å². The first kappa shape index (κ1) is 24.1. The van der Waals surface area contributed by atoms with Crippen molar-refractivity contribution in [2.45, 2.75) is 44.8 Å². The number of ether oxygens (including phenoxy) is 2. The van der Waals surface area contributed by atoms with Crippen LogP contribution in [0.3, 0.4) is 0 Å². The van der Waals surface area contributed by atoms with Crippen molar-refractivity contribution in [3.8, 4) is 5.75 Å². The lowest BCUT2D eigenvalue weighted by Crippen LogP contribution is -2.51. The fourth-order valence-electron chi connectivity index (χ4n) is 4.91. The van der Waals surface area contributed by atoms with E-state index in [0.717, 1.165) is 62.4 Å². The van der Waals surface area contributed by atoms with Crippen LogP contribution >= 0.6 is 11.6 Å². The molecule has 4 rings (SSSR count). The van der Waals surface area contributed by atoms with Crippen molar-refractivity contribution in [2.75, 3.05) is 39.8 Å². The van der Waals surface area contributed by atoms with Gasteiger partial charge in [-0.05, 0) is 48.2 Å². The maximum Gasteiger partial charge on any atom is 0.225 e. The molecule has 1 aliphatic carbocycles. The predicted molar refractivity (Wildman–Crippen MR) is 132 cm³/mol. The molecular formula is C27H35ClN2O3. The van der Waals surface area contributed by atoms with Crippen LogP contribution in [0, 0.1) is 5.92 Å². The number of hydrogen-bond donors (Lipinski definition) is 0. The van der Waals surface area contributed by atoms with Crippen LogP contribution in [0.15, 0.2) is 48.5 Å². The number of benzene rings is 2. The third-order valence-electron chi connectivity index (χ3n) is 6.87. The lowest BCUT2D eigenvalue weighted by molar-refractivity contribution is -0.138. The van der Waals surface area contributed by atoms with E-state index in [4.69, 9.17) is 21.1 Å². The van der Waals surface area contributed by atoms with Gasteiger partial charge in [-0.15, -0.1) is 0 Å². The second-order valence-corrected chi connectivity index (χ2v) is 9.60. The van der Waals surface area contributed by atoms with E-state index in [1.165, 1.54) is 19.3 Å². The fraction of sp³-hybridized carbons (Fsp3) is 0.519. The fourth-order valence-corrected chi connectivity index (χ4v) is 5.13. The smallest absolute Gasteiger partial charge is 0.225 e. The molecule has 6 heteroatoms. The summed E-state index contributed by atoms with van der Waals surface area (Å²) in [6.45, 7) is 4.61. The maximum absolute atomic E-state index is 12.9. The minimum Gasteiger partial charge on any atom is -0.497 e. The van der Waals surface area contributed by atoms with Crippen molar-refractivity contribution in [2.24, 2.45) is 5.92 Å². The SMILES string of the molecule is COc1cccc(C(CN2CCN(C(=O)C3CCCCC3)CC2)OCc2cccc(Cl)c2)c1. The van der Waals surface area contributed by atoms with Gasteiger partial charge in [-0.25, -0.2) is 0 Å². The summed E-state index contributed by atoms with van der Waals surface area (Å²) in [7, 11) is 1.68. The highest BCUT2D eigenvalue weighted by molar-refractivity contribution is 6.30. The Hall–Kier alpha value is -2.08. The van der Waals surface area contributed by atoms with E-state index in [1.54, 1.807) is 7.11 Å². The number of nitrogens with zero attached hydrogens (tertiary/aromatic N) is 2. The van der Waals surface area contributed by atoms with Crippen molar-refractivity contribution in [1.82, 2.24) is 9.80 Å². The van der Waals surface area contributed by atoms with Crippen molar-refractivity contribution in [1.29, 1.82) is 0 Å².